The van der Waals surface area contributed by atoms with Gasteiger partial charge in [0, 0.05) is 23.9 Å². The van der Waals surface area contributed by atoms with E-state index in [1.807, 2.05) is 12.1 Å². The molecule has 0 bridgehead atoms. The second-order valence-electron chi connectivity index (χ2n) is 5.80. The van der Waals surface area contributed by atoms with Gasteiger partial charge in [0.05, 0.1) is 4.90 Å². The Bertz CT molecular complexity index is 680. The van der Waals surface area contributed by atoms with Crippen LogP contribution in [0.25, 0.3) is 0 Å². The van der Waals surface area contributed by atoms with Crippen molar-refractivity contribution >= 4 is 27.7 Å². The molecular formula is C15H20N2O3S2. The molecule has 2 aliphatic heterocycles. The first-order valence-electron chi connectivity index (χ1n) is 7.53. The summed E-state index contributed by atoms with van der Waals surface area (Å²) in [5.74, 6) is 0.564. The number of benzene rings is 1. The Morgan fingerprint density at radius 3 is 2.68 bits per heavy atom. The van der Waals surface area contributed by atoms with Gasteiger partial charge in [0.1, 0.15) is 0 Å². The number of thioether (sulfide) groups is 1. The first kappa shape index (κ1) is 15.8. The van der Waals surface area contributed by atoms with E-state index in [0.717, 1.165) is 24.2 Å². The van der Waals surface area contributed by atoms with Gasteiger partial charge in [0.25, 0.3) is 0 Å². The molecule has 1 amide bonds. The van der Waals surface area contributed by atoms with Crippen molar-refractivity contribution in [3.8, 4) is 0 Å². The molecule has 1 aromatic rings. The van der Waals surface area contributed by atoms with Gasteiger partial charge in [-0.15, -0.1) is 11.8 Å². The largest absolute Gasteiger partial charge is 0.369 e. The average Bonchev–Trinajstić information content (AvgIpc) is 2.54. The Kier molecular flexibility index (Phi) is 4.47. The van der Waals surface area contributed by atoms with E-state index in [2.05, 4.69) is 0 Å². The number of nitrogens with zero attached hydrogens (tertiary/aromatic N) is 1. The van der Waals surface area contributed by atoms with E-state index in [1.54, 1.807) is 17.8 Å². The van der Waals surface area contributed by atoms with Crippen molar-refractivity contribution in [2.45, 2.75) is 35.5 Å². The fourth-order valence-electron chi connectivity index (χ4n) is 3.03. The van der Waals surface area contributed by atoms with E-state index >= 15 is 0 Å². The maximum atomic E-state index is 12.8. The highest BCUT2D eigenvalue weighted by molar-refractivity contribution is 7.99. The molecule has 1 aromatic carbocycles. The molecule has 0 aromatic heterocycles. The number of hydrogen-bond donors (Lipinski definition) is 1. The van der Waals surface area contributed by atoms with Gasteiger partial charge in [0.15, 0.2) is 0 Å². The zero-order chi connectivity index (χ0) is 15.7. The van der Waals surface area contributed by atoms with Gasteiger partial charge in [-0.3, -0.25) is 4.79 Å². The van der Waals surface area contributed by atoms with Crippen molar-refractivity contribution in [1.82, 2.24) is 4.31 Å². The molecule has 120 valence electrons. The number of rotatable bonds is 3. The summed E-state index contributed by atoms with van der Waals surface area (Å²) in [6.07, 6.45) is 3.05. The maximum Gasteiger partial charge on any atom is 0.243 e. The summed E-state index contributed by atoms with van der Waals surface area (Å²) < 4.78 is 27.0. The molecule has 5 nitrogen and oxygen atoms in total. The lowest BCUT2D eigenvalue weighted by atomic mass is 9.98. The van der Waals surface area contributed by atoms with E-state index in [-0.39, 0.29) is 11.8 Å². The third kappa shape index (κ3) is 3.02. The van der Waals surface area contributed by atoms with Crippen molar-refractivity contribution < 1.29 is 13.2 Å². The average molecular weight is 340 g/mol. The first-order chi connectivity index (χ1) is 10.5. The lowest BCUT2D eigenvalue weighted by Gasteiger charge is -2.30. The molecule has 0 saturated carbocycles. The van der Waals surface area contributed by atoms with E-state index in [1.165, 1.54) is 9.20 Å². The van der Waals surface area contributed by atoms with Gasteiger partial charge in [-0.05, 0) is 55.2 Å². The molecule has 2 N–H and O–H groups in total. The molecule has 2 heterocycles. The first-order valence-corrected chi connectivity index (χ1v) is 9.96. The van der Waals surface area contributed by atoms with Crippen LogP contribution in [0.1, 0.15) is 24.8 Å². The van der Waals surface area contributed by atoms with Gasteiger partial charge in [-0.25, -0.2) is 8.42 Å². The normalized spacial score (nSPS) is 20.5. The zero-order valence-corrected chi connectivity index (χ0v) is 14.0. The van der Waals surface area contributed by atoms with Gasteiger partial charge < -0.3 is 5.73 Å². The summed E-state index contributed by atoms with van der Waals surface area (Å²) in [4.78, 5) is 12.8. The number of carbonyl (C=O) groups excluding carboxylic acids is 1. The highest BCUT2D eigenvalue weighted by atomic mass is 32.2. The van der Waals surface area contributed by atoms with Crippen LogP contribution in [0.15, 0.2) is 28.0 Å². The van der Waals surface area contributed by atoms with Crippen molar-refractivity contribution in [3.63, 3.8) is 0 Å². The molecule has 3 rings (SSSR count). The van der Waals surface area contributed by atoms with E-state index in [4.69, 9.17) is 5.73 Å². The molecule has 0 spiro atoms. The molecule has 0 aliphatic carbocycles. The van der Waals surface area contributed by atoms with Gasteiger partial charge >= 0.3 is 0 Å². The molecule has 22 heavy (non-hydrogen) atoms. The van der Waals surface area contributed by atoms with E-state index in [0.29, 0.717) is 30.8 Å². The van der Waals surface area contributed by atoms with Crippen LogP contribution in [0.3, 0.4) is 0 Å². The minimum atomic E-state index is -3.47. The highest BCUT2D eigenvalue weighted by Crippen LogP contribution is 2.32. The lowest BCUT2D eigenvalue weighted by molar-refractivity contribution is -0.122. The van der Waals surface area contributed by atoms with Crippen LogP contribution >= 0.6 is 11.8 Å². The van der Waals surface area contributed by atoms with Gasteiger partial charge in [-0.2, -0.15) is 4.31 Å². The van der Waals surface area contributed by atoms with E-state index in [9.17, 15) is 13.2 Å². The van der Waals surface area contributed by atoms with Crippen LogP contribution in [0.2, 0.25) is 0 Å². The summed E-state index contributed by atoms with van der Waals surface area (Å²) in [5, 5.41) is 0. The minimum Gasteiger partial charge on any atom is -0.369 e. The standard InChI is InChI=1S/C15H20N2O3S2/c16-15(18)11-5-7-17(8-6-11)22(19,20)13-3-4-14-12(10-13)2-1-9-21-14/h3-4,10-11H,1-2,5-9H2,(H2,16,18). The van der Waals surface area contributed by atoms with Crippen molar-refractivity contribution in [2.24, 2.45) is 11.7 Å². The maximum absolute atomic E-state index is 12.8. The number of piperidine rings is 1. The summed E-state index contributed by atoms with van der Waals surface area (Å²) in [7, 11) is -3.47. The molecule has 1 fully saturated rings. The number of nitrogens with two attached hydrogens (primary N) is 1. The SMILES string of the molecule is NC(=O)C1CCN(S(=O)(=O)c2ccc3c(c2)CCCS3)CC1. The van der Waals surface area contributed by atoms with Crippen LogP contribution < -0.4 is 5.73 Å². The van der Waals surface area contributed by atoms with Crippen molar-refractivity contribution in [1.29, 1.82) is 0 Å². The topological polar surface area (TPSA) is 80.5 Å². The Labute approximate surface area is 135 Å². The van der Waals surface area contributed by atoms with Crippen molar-refractivity contribution in [2.75, 3.05) is 18.8 Å². The summed E-state index contributed by atoms with van der Waals surface area (Å²) in [6, 6.07) is 5.44. The monoisotopic (exact) mass is 340 g/mol. The number of fused-ring (bicyclic) bond motifs is 1. The fourth-order valence-corrected chi connectivity index (χ4v) is 5.57. The molecular weight excluding hydrogens is 320 g/mol. The molecule has 1 saturated heterocycles. The second-order valence-corrected chi connectivity index (χ2v) is 8.88. The summed E-state index contributed by atoms with van der Waals surface area (Å²) in [5.41, 5.74) is 6.43. The van der Waals surface area contributed by atoms with Crippen LogP contribution in [0, 0.1) is 5.92 Å². The Morgan fingerprint density at radius 2 is 2.00 bits per heavy atom. The number of sulfonamides is 1. The Morgan fingerprint density at radius 1 is 1.27 bits per heavy atom. The van der Waals surface area contributed by atoms with Crippen LogP contribution in [0.5, 0.6) is 0 Å². The molecule has 0 atom stereocenters. The summed E-state index contributed by atoms with van der Waals surface area (Å²) in [6.45, 7) is 0.726. The predicted octanol–water partition coefficient (Wildman–Crippen LogP) is 1.61. The van der Waals surface area contributed by atoms with Crippen LogP contribution in [-0.2, 0) is 21.2 Å². The van der Waals surface area contributed by atoms with E-state index < -0.39 is 10.0 Å². The summed E-state index contributed by atoms with van der Waals surface area (Å²) >= 11 is 1.79. The second kappa shape index (κ2) is 6.22. The third-order valence-corrected chi connectivity index (χ3v) is 7.47. The minimum absolute atomic E-state index is 0.202. The zero-order valence-electron chi connectivity index (χ0n) is 12.3. The highest BCUT2D eigenvalue weighted by Gasteiger charge is 2.31. The fraction of sp³-hybridized carbons (Fsp3) is 0.533. The smallest absolute Gasteiger partial charge is 0.243 e. The third-order valence-electron chi connectivity index (χ3n) is 4.37. The predicted molar refractivity (Wildman–Crippen MR) is 86.2 cm³/mol. The quantitative estimate of drug-likeness (QED) is 0.906. The molecule has 7 heteroatoms. The number of primary amides is 1. The molecule has 2 aliphatic rings. The number of aryl methyl sites for hydroxylation is 1. The van der Waals surface area contributed by atoms with Crippen LogP contribution in [0.4, 0.5) is 0 Å². The molecule has 0 radical (unpaired) electrons. The van der Waals surface area contributed by atoms with Gasteiger partial charge in [0.2, 0.25) is 15.9 Å². The number of amides is 1. The number of hydrogen-bond acceptors (Lipinski definition) is 4. The Balaban J connectivity index is 1.80. The lowest BCUT2D eigenvalue weighted by Crippen LogP contribution is -2.41. The molecule has 0 unspecified atom stereocenters. The van der Waals surface area contributed by atoms with Crippen LogP contribution in [-0.4, -0.2) is 37.5 Å². The number of carbonyl (C=O) groups is 1. The Hall–Kier alpha value is -1.05. The van der Waals surface area contributed by atoms with Crippen molar-refractivity contribution in [3.05, 3.63) is 23.8 Å². The van der Waals surface area contributed by atoms with Gasteiger partial charge in [-0.1, -0.05) is 0 Å².